The molecule has 1 aliphatic heterocycles. The molecular weight excluding hydrogens is 166 g/mol. The van der Waals surface area contributed by atoms with Gasteiger partial charge in [-0.1, -0.05) is 18.2 Å². The fourth-order valence-corrected chi connectivity index (χ4v) is 1.15. The first-order valence-corrected chi connectivity index (χ1v) is 4.30. The second kappa shape index (κ2) is 3.58. The molecule has 13 heavy (non-hydrogen) atoms. The molecule has 1 aromatic carbocycles. The third-order valence-corrected chi connectivity index (χ3v) is 2.05. The van der Waals surface area contributed by atoms with E-state index in [9.17, 15) is 4.79 Å². The van der Waals surface area contributed by atoms with Crippen molar-refractivity contribution in [2.45, 2.75) is 0 Å². The maximum atomic E-state index is 11.4. The Labute approximate surface area is 76.7 Å². The number of para-hydroxylation sites is 1. The van der Waals surface area contributed by atoms with Crippen molar-refractivity contribution in [3.05, 3.63) is 30.3 Å². The quantitative estimate of drug-likeness (QED) is 0.738. The second-order valence-electron chi connectivity index (χ2n) is 3.09. The molecule has 1 aliphatic rings. The van der Waals surface area contributed by atoms with Gasteiger partial charge in [0.1, 0.15) is 0 Å². The number of benzene rings is 1. The fraction of sp³-hybridized carbons (Fsp3) is 0.300. The van der Waals surface area contributed by atoms with E-state index in [1.54, 1.807) is 0 Å². The van der Waals surface area contributed by atoms with Gasteiger partial charge in [-0.15, -0.1) is 0 Å². The highest BCUT2D eigenvalue weighted by Gasteiger charge is 2.26. The van der Waals surface area contributed by atoms with Gasteiger partial charge in [0.15, 0.2) is 0 Å². The number of anilines is 1. The van der Waals surface area contributed by atoms with Crippen molar-refractivity contribution < 1.29 is 9.53 Å². The van der Waals surface area contributed by atoms with E-state index in [1.807, 2.05) is 30.3 Å². The van der Waals surface area contributed by atoms with Gasteiger partial charge >= 0.3 is 0 Å². The minimum Gasteiger partial charge on any atom is -0.380 e. The molecule has 0 bridgehead atoms. The predicted molar refractivity (Wildman–Crippen MR) is 49.4 cm³/mol. The molecule has 0 saturated carbocycles. The molecule has 0 atom stereocenters. The molecule has 1 amide bonds. The number of hydrogen-bond acceptors (Lipinski definition) is 2. The van der Waals surface area contributed by atoms with E-state index in [1.165, 1.54) is 0 Å². The Bertz CT molecular complexity index is 293. The molecular formula is C10H11NO2. The van der Waals surface area contributed by atoms with Crippen molar-refractivity contribution in [2.75, 3.05) is 18.5 Å². The summed E-state index contributed by atoms with van der Waals surface area (Å²) >= 11 is 0. The van der Waals surface area contributed by atoms with Crippen LogP contribution in [0.3, 0.4) is 0 Å². The standard InChI is InChI=1S/C10H11NO2/c12-10(8-6-13-7-8)11-9-4-2-1-3-5-9/h1-5,8H,6-7H2,(H,11,12). The molecule has 1 N–H and O–H groups in total. The summed E-state index contributed by atoms with van der Waals surface area (Å²) in [5, 5.41) is 2.82. The van der Waals surface area contributed by atoms with Crippen LogP contribution in [0.15, 0.2) is 30.3 Å². The number of ether oxygens (including phenoxy) is 1. The number of amides is 1. The summed E-state index contributed by atoms with van der Waals surface area (Å²) in [4.78, 5) is 11.4. The lowest BCUT2D eigenvalue weighted by Gasteiger charge is -2.24. The van der Waals surface area contributed by atoms with E-state index in [0.717, 1.165) is 5.69 Å². The maximum absolute atomic E-state index is 11.4. The lowest BCUT2D eigenvalue weighted by atomic mass is 10.1. The van der Waals surface area contributed by atoms with Crippen LogP contribution in [0.1, 0.15) is 0 Å². The van der Waals surface area contributed by atoms with Gasteiger partial charge in [-0.3, -0.25) is 4.79 Å². The highest BCUT2D eigenvalue weighted by Crippen LogP contribution is 2.13. The Morgan fingerprint density at radius 2 is 2.00 bits per heavy atom. The molecule has 1 saturated heterocycles. The average molecular weight is 177 g/mol. The summed E-state index contributed by atoms with van der Waals surface area (Å²) in [5.41, 5.74) is 0.847. The largest absolute Gasteiger partial charge is 0.380 e. The van der Waals surface area contributed by atoms with E-state index in [-0.39, 0.29) is 11.8 Å². The molecule has 1 heterocycles. The van der Waals surface area contributed by atoms with Gasteiger partial charge in [0, 0.05) is 5.69 Å². The third kappa shape index (κ3) is 1.87. The number of nitrogens with one attached hydrogen (secondary N) is 1. The summed E-state index contributed by atoms with van der Waals surface area (Å²) in [6.07, 6.45) is 0. The first kappa shape index (κ1) is 8.26. The Hall–Kier alpha value is -1.35. The number of hydrogen-bond donors (Lipinski definition) is 1. The summed E-state index contributed by atoms with van der Waals surface area (Å²) < 4.78 is 4.93. The van der Waals surface area contributed by atoms with Crippen LogP contribution in [-0.2, 0) is 9.53 Å². The molecule has 1 fully saturated rings. The van der Waals surface area contributed by atoms with Gasteiger partial charge in [0.05, 0.1) is 19.1 Å². The van der Waals surface area contributed by atoms with Crippen molar-refractivity contribution in [2.24, 2.45) is 5.92 Å². The minimum atomic E-state index is 0.0419. The van der Waals surface area contributed by atoms with Crippen molar-refractivity contribution in [1.29, 1.82) is 0 Å². The number of rotatable bonds is 2. The van der Waals surface area contributed by atoms with E-state index in [0.29, 0.717) is 13.2 Å². The summed E-state index contributed by atoms with van der Waals surface area (Å²) in [5.74, 6) is 0.0951. The average Bonchev–Trinajstić information content (AvgIpc) is 2.02. The highest BCUT2D eigenvalue weighted by molar-refractivity contribution is 5.93. The van der Waals surface area contributed by atoms with Crippen LogP contribution in [0.5, 0.6) is 0 Å². The van der Waals surface area contributed by atoms with Crippen molar-refractivity contribution in [3.63, 3.8) is 0 Å². The van der Waals surface area contributed by atoms with Gasteiger partial charge in [-0.2, -0.15) is 0 Å². The highest BCUT2D eigenvalue weighted by atomic mass is 16.5. The second-order valence-corrected chi connectivity index (χ2v) is 3.09. The molecule has 1 aromatic rings. The first-order chi connectivity index (χ1) is 6.36. The molecule has 0 radical (unpaired) electrons. The Morgan fingerprint density at radius 3 is 2.54 bits per heavy atom. The Morgan fingerprint density at radius 1 is 1.31 bits per heavy atom. The zero-order chi connectivity index (χ0) is 9.10. The monoisotopic (exact) mass is 177 g/mol. The summed E-state index contributed by atoms with van der Waals surface area (Å²) in [6, 6.07) is 9.46. The number of carbonyl (C=O) groups is 1. The maximum Gasteiger partial charge on any atom is 0.232 e. The molecule has 0 unspecified atom stereocenters. The lowest BCUT2D eigenvalue weighted by Crippen LogP contribution is -2.38. The molecule has 3 nitrogen and oxygen atoms in total. The van der Waals surface area contributed by atoms with E-state index in [4.69, 9.17) is 4.74 Å². The summed E-state index contributed by atoms with van der Waals surface area (Å²) in [7, 11) is 0. The van der Waals surface area contributed by atoms with Crippen LogP contribution in [0, 0.1) is 5.92 Å². The van der Waals surface area contributed by atoms with Crippen molar-refractivity contribution in [1.82, 2.24) is 0 Å². The first-order valence-electron chi connectivity index (χ1n) is 4.30. The molecule has 3 heteroatoms. The molecule has 0 aromatic heterocycles. The van der Waals surface area contributed by atoms with Crippen LogP contribution in [0.2, 0.25) is 0 Å². The van der Waals surface area contributed by atoms with E-state index >= 15 is 0 Å². The zero-order valence-corrected chi connectivity index (χ0v) is 7.19. The Kier molecular flexibility index (Phi) is 2.27. The SMILES string of the molecule is O=C(Nc1ccccc1)C1COC1. The van der Waals surface area contributed by atoms with Gasteiger partial charge in [0.25, 0.3) is 0 Å². The predicted octanol–water partition coefficient (Wildman–Crippen LogP) is 1.27. The third-order valence-electron chi connectivity index (χ3n) is 2.05. The fourth-order valence-electron chi connectivity index (χ4n) is 1.15. The topological polar surface area (TPSA) is 38.3 Å². The molecule has 2 rings (SSSR count). The van der Waals surface area contributed by atoms with E-state index < -0.39 is 0 Å². The van der Waals surface area contributed by atoms with Crippen LogP contribution in [0.4, 0.5) is 5.69 Å². The molecule has 0 aliphatic carbocycles. The van der Waals surface area contributed by atoms with Crippen molar-refractivity contribution in [3.8, 4) is 0 Å². The van der Waals surface area contributed by atoms with Crippen molar-refractivity contribution >= 4 is 11.6 Å². The van der Waals surface area contributed by atoms with Gasteiger partial charge < -0.3 is 10.1 Å². The number of carbonyl (C=O) groups excluding carboxylic acids is 1. The van der Waals surface area contributed by atoms with Crippen LogP contribution < -0.4 is 5.32 Å². The van der Waals surface area contributed by atoms with Crippen LogP contribution >= 0.6 is 0 Å². The normalized spacial score (nSPS) is 16.3. The summed E-state index contributed by atoms with van der Waals surface area (Å²) in [6.45, 7) is 1.11. The lowest BCUT2D eigenvalue weighted by molar-refractivity contribution is -0.133. The Balaban J connectivity index is 1.94. The van der Waals surface area contributed by atoms with Gasteiger partial charge in [-0.25, -0.2) is 0 Å². The molecule has 68 valence electrons. The van der Waals surface area contributed by atoms with E-state index in [2.05, 4.69) is 5.32 Å². The van der Waals surface area contributed by atoms with Crippen LogP contribution in [-0.4, -0.2) is 19.1 Å². The van der Waals surface area contributed by atoms with Crippen LogP contribution in [0.25, 0.3) is 0 Å². The zero-order valence-electron chi connectivity index (χ0n) is 7.19. The van der Waals surface area contributed by atoms with Gasteiger partial charge in [0.2, 0.25) is 5.91 Å². The smallest absolute Gasteiger partial charge is 0.232 e. The van der Waals surface area contributed by atoms with Gasteiger partial charge in [-0.05, 0) is 12.1 Å². The molecule has 0 spiro atoms. The minimum absolute atomic E-state index is 0.0419.